The normalized spacial score (nSPS) is 16.7. The minimum Gasteiger partial charge on any atom is -0.356 e. The van der Waals surface area contributed by atoms with E-state index in [2.05, 4.69) is 69.8 Å². The molecule has 6 nitrogen and oxygen atoms in total. The molecular weight excluding hydrogens is 452 g/mol. The molecule has 3 heterocycles. The lowest BCUT2D eigenvalue weighted by atomic mass is 10.00. The van der Waals surface area contributed by atoms with Crippen molar-refractivity contribution >= 4 is 34.9 Å². The maximum absolute atomic E-state index is 5.66. The van der Waals surface area contributed by atoms with Gasteiger partial charge >= 0.3 is 0 Å². The Morgan fingerprint density at radius 1 is 0.829 bits per heavy atom. The van der Waals surface area contributed by atoms with E-state index >= 15 is 0 Å². The molecular formula is C28H34N6S. The van der Waals surface area contributed by atoms with E-state index in [1.807, 2.05) is 18.2 Å². The number of fused-ring (bicyclic) bond motifs is 1. The Bertz CT molecular complexity index is 1140. The summed E-state index contributed by atoms with van der Waals surface area (Å²) in [5, 5.41) is 7.19. The van der Waals surface area contributed by atoms with Crippen molar-refractivity contribution in [1.82, 2.24) is 15.3 Å². The maximum atomic E-state index is 5.66. The molecule has 182 valence electrons. The zero-order valence-corrected chi connectivity index (χ0v) is 21.2. The lowest BCUT2D eigenvalue weighted by Crippen LogP contribution is -2.34. The van der Waals surface area contributed by atoms with E-state index in [0.717, 1.165) is 44.2 Å². The van der Waals surface area contributed by atoms with Crippen LogP contribution in [0.5, 0.6) is 0 Å². The van der Waals surface area contributed by atoms with E-state index < -0.39 is 0 Å². The summed E-state index contributed by atoms with van der Waals surface area (Å²) >= 11 is 5.66. The minimum absolute atomic E-state index is 0.0862. The Morgan fingerprint density at radius 2 is 1.49 bits per heavy atom. The van der Waals surface area contributed by atoms with E-state index in [1.165, 1.54) is 42.4 Å². The second-order valence-electron chi connectivity index (χ2n) is 9.48. The maximum Gasteiger partial charge on any atom is 0.232 e. The molecule has 2 aromatic carbocycles. The molecule has 0 saturated carbocycles. The number of thiocarbonyl (C=S) groups is 1. The topological polar surface area (TPSA) is 56.3 Å². The number of rotatable bonds is 5. The molecule has 1 aromatic heterocycles. The van der Waals surface area contributed by atoms with Gasteiger partial charge in [0.15, 0.2) is 5.11 Å². The van der Waals surface area contributed by atoms with E-state index in [-0.39, 0.29) is 6.04 Å². The van der Waals surface area contributed by atoms with Crippen molar-refractivity contribution < 1.29 is 0 Å². The number of hydrogen-bond acceptors (Lipinski definition) is 5. The monoisotopic (exact) mass is 486 g/mol. The van der Waals surface area contributed by atoms with Crippen LogP contribution in [0.3, 0.4) is 0 Å². The van der Waals surface area contributed by atoms with Crippen LogP contribution in [0.2, 0.25) is 0 Å². The number of anilines is 3. The van der Waals surface area contributed by atoms with Gasteiger partial charge in [-0.1, -0.05) is 67.4 Å². The highest BCUT2D eigenvalue weighted by molar-refractivity contribution is 7.80. The Morgan fingerprint density at radius 3 is 2.23 bits per heavy atom. The summed E-state index contributed by atoms with van der Waals surface area (Å²) in [7, 11) is 0. The van der Waals surface area contributed by atoms with Crippen LogP contribution in [0.1, 0.15) is 55.3 Å². The van der Waals surface area contributed by atoms with Gasteiger partial charge in [-0.25, -0.2) is 0 Å². The van der Waals surface area contributed by atoms with E-state index in [1.54, 1.807) is 0 Å². The van der Waals surface area contributed by atoms with Crippen LogP contribution in [0.15, 0.2) is 60.7 Å². The average molecular weight is 487 g/mol. The molecule has 0 bridgehead atoms. The minimum atomic E-state index is 0.0862. The Balaban J connectivity index is 1.38. The van der Waals surface area contributed by atoms with Gasteiger partial charge in [-0.2, -0.15) is 9.97 Å². The Hall–Kier alpha value is -3.19. The highest BCUT2D eigenvalue weighted by Crippen LogP contribution is 2.28. The van der Waals surface area contributed by atoms with Gasteiger partial charge in [0.2, 0.25) is 5.95 Å². The first-order valence-electron chi connectivity index (χ1n) is 12.7. The molecule has 0 amide bonds. The Labute approximate surface area is 213 Å². The molecule has 1 atom stereocenters. The van der Waals surface area contributed by atoms with E-state index in [4.69, 9.17) is 22.2 Å². The van der Waals surface area contributed by atoms with Gasteiger partial charge in [-0.3, -0.25) is 0 Å². The van der Waals surface area contributed by atoms with Crippen molar-refractivity contribution in [3.05, 3.63) is 77.4 Å². The molecule has 0 unspecified atom stereocenters. The lowest BCUT2D eigenvalue weighted by Gasteiger charge is -2.31. The van der Waals surface area contributed by atoms with Crippen LogP contribution in [-0.4, -0.2) is 34.7 Å². The molecule has 2 aliphatic rings. The van der Waals surface area contributed by atoms with Crippen LogP contribution in [0.25, 0.3) is 0 Å². The number of nitrogens with zero attached hydrogens (tertiary/aromatic N) is 4. The molecule has 7 heteroatoms. The van der Waals surface area contributed by atoms with Crippen molar-refractivity contribution in [2.24, 2.45) is 0 Å². The molecule has 2 N–H and O–H groups in total. The number of hydrogen-bond donors (Lipinski definition) is 2. The third-order valence-corrected chi connectivity index (χ3v) is 7.18. The van der Waals surface area contributed by atoms with Gasteiger partial charge in [0.05, 0.1) is 6.04 Å². The predicted molar refractivity (Wildman–Crippen MR) is 148 cm³/mol. The van der Waals surface area contributed by atoms with Crippen molar-refractivity contribution in [2.45, 2.75) is 51.6 Å². The molecule has 2 aliphatic heterocycles. The van der Waals surface area contributed by atoms with Crippen molar-refractivity contribution in [2.75, 3.05) is 34.8 Å². The fourth-order valence-electron chi connectivity index (χ4n) is 4.95. The zero-order chi connectivity index (χ0) is 24.0. The first kappa shape index (κ1) is 23.5. The van der Waals surface area contributed by atoms with Crippen LogP contribution in [0, 0.1) is 0 Å². The van der Waals surface area contributed by atoms with E-state index in [0.29, 0.717) is 11.1 Å². The van der Waals surface area contributed by atoms with Gasteiger partial charge in [0.25, 0.3) is 0 Å². The summed E-state index contributed by atoms with van der Waals surface area (Å²) < 4.78 is 0. The van der Waals surface area contributed by atoms with Crippen LogP contribution in [0.4, 0.5) is 17.6 Å². The molecule has 3 aromatic rings. The summed E-state index contributed by atoms with van der Waals surface area (Å²) in [6.07, 6.45) is 6.00. The summed E-state index contributed by atoms with van der Waals surface area (Å²) in [6.45, 7) is 5.98. The summed E-state index contributed by atoms with van der Waals surface area (Å²) in [4.78, 5) is 14.6. The lowest BCUT2D eigenvalue weighted by molar-refractivity contribution is 0.714. The molecule has 5 rings (SSSR count). The van der Waals surface area contributed by atoms with Gasteiger partial charge in [0, 0.05) is 32.2 Å². The van der Waals surface area contributed by atoms with E-state index in [9.17, 15) is 0 Å². The molecule has 0 aliphatic carbocycles. The third kappa shape index (κ3) is 5.90. The standard InChI is InChI=1S/C28H34N6S/c1-21(22-11-5-4-6-12-22)29-28(35)32-27-30-25(33-16-9-2-3-10-17-33)19-26(31-27)34-18-15-23-13-7-8-14-24(23)20-34/h4-8,11-14,19,21H,2-3,9-10,15-18,20H2,1H3,(H2,29,30,31,32,35)/t21-/m1/s1. The van der Waals surface area contributed by atoms with Gasteiger partial charge in [-0.05, 0) is 55.1 Å². The summed E-state index contributed by atoms with van der Waals surface area (Å²) in [5.41, 5.74) is 3.99. The van der Waals surface area contributed by atoms with Crippen LogP contribution < -0.4 is 20.4 Å². The van der Waals surface area contributed by atoms with Gasteiger partial charge in [-0.15, -0.1) is 0 Å². The smallest absolute Gasteiger partial charge is 0.232 e. The number of benzene rings is 2. The molecule has 35 heavy (non-hydrogen) atoms. The molecule has 1 fully saturated rings. The first-order valence-corrected chi connectivity index (χ1v) is 13.1. The van der Waals surface area contributed by atoms with Crippen molar-refractivity contribution in [1.29, 1.82) is 0 Å². The second-order valence-corrected chi connectivity index (χ2v) is 9.89. The fraction of sp³-hybridized carbons (Fsp3) is 0.393. The second kappa shape index (κ2) is 11.0. The van der Waals surface area contributed by atoms with Crippen molar-refractivity contribution in [3.8, 4) is 0 Å². The average Bonchev–Trinajstić information content (AvgIpc) is 3.18. The number of nitrogens with one attached hydrogen (secondary N) is 2. The SMILES string of the molecule is C[C@@H](NC(=S)Nc1nc(N2CCCCCC2)cc(N2CCc3ccccc3C2)n1)c1ccccc1. The summed E-state index contributed by atoms with van der Waals surface area (Å²) in [6, 6.07) is 21.3. The molecule has 0 radical (unpaired) electrons. The summed E-state index contributed by atoms with van der Waals surface area (Å²) in [5.74, 6) is 2.49. The first-order chi connectivity index (χ1) is 17.2. The van der Waals surface area contributed by atoms with Gasteiger partial charge in [0.1, 0.15) is 11.6 Å². The fourth-order valence-corrected chi connectivity index (χ4v) is 5.22. The van der Waals surface area contributed by atoms with Gasteiger partial charge < -0.3 is 20.4 Å². The van der Waals surface area contributed by atoms with Crippen LogP contribution >= 0.6 is 12.2 Å². The zero-order valence-electron chi connectivity index (χ0n) is 20.4. The number of aromatic nitrogens is 2. The Kier molecular flexibility index (Phi) is 7.42. The highest BCUT2D eigenvalue weighted by Gasteiger charge is 2.21. The van der Waals surface area contributed by atoms with Crippen LogP contribution in [-0.2, 0) is 13.0 Å². The highest BCUT2D eigenvalue weighted by atomic mass is 32.1. The third-order valence-electron chi connectivity index (χ3n) is 6.96. The molecule has 1 saturated heterocycles. The largest absolute Gasteiger partial charge is 0.356 e. The van der Waals surface area contributed by atoms with Crippen molar-refractivity contribution in [3.63, 3.8) is 0 Å². The quantitative estimate of drug-likeness (QED) is 0.464. The molecule has 0 spiro atoms. The predicted octanol–water partition coefficient (Wildman–Crippen LogP) is 5.47.